The van der Waals surface area contributed by atoms with E-state index in [0.29, 0.717) is 6.54 Å². The van der Waals surface area contributed by atoms with E-state index in [9.17, 15) is 4.79 Å². The molecular formula is C17H22N4O2. The Morgan fingerprint density at radius 1 is 1.39 bits per heavy atom. The molecule has 1 aliphatic rings. The van der Waals surface area contributed by atoms with Crippen molar-refractivity contribution in [3.8, 4) is 5.69 Å². The Kier molecular flexibility index (Phi) is 4.62. The number of hydrogen-bond donors (Lipinski definition) is 1. The van der Waals surface area contributed by atoms with Crippen molar-refractivity contribution in [2.24, 2.45) is 0 Å². The van der Waals surface area contributed by atoms with E-state index in [2.05, 4.69) is 27.0 Å². The zero-order valence-corrected chi connectivity index (χ0v) is 13.5. The van der Waals surface area contributed by atoms with E-state index in [0.717, 1.165) is 36.7 Å². The highest BCUT2D eigenvalue weighted by molar-refractivity contribution is 5.67. The minimum absolute atomic E-state index is 0.250. The van der Waals surface area contributed by atoms with Crippen LogP contribution in [-0.2, 0) is 11.3 Å². The van der Waals surface area contributed by atoms with Gasteiger partial charge in [-0.15, -0.1) is 0 Å². The van der Waals surface area contributed by atoms with E-state index in [4.69, 9.17) is 4.74 Å². The molecule has 2 aromatic rings. The summed E-state index contributed by atoms with van der Waals surface area (Å²) in [6, 6.07) is 10.5. The van der Waals surface area contributed by atoms with Crippen LogP contribution in [0.25, 0.3) is 5.69 Å². The summed E-state index contributed by atoms with van der Waals surface area (Å²) in [6.45, 7) is 4.15. The van der Waals surface area contributed by atoms with E-state index >= 15 is 0 Å². The Morgan fingerprint density at radius 2 is 2.17 bits per heavy atom. The number of likely N-dealkylation sites (tertiary alicyclic amines) is 1. The van der Waals surface area contributed by atoms with Crippen LogP contribution in [0.5, 0.6) is 0 Å². The highest BCUT2D eigenvalue weighted by Gasteiger charge is 2.26. The largest absolute Gasteiger partial charge is 0.453 e. The summed E-state index contributed by atoms with van der Waals surface area (Å²) < 4.78 is 6.92. The number of amides is 1. The Balaban J connectivity index is 1.65. The normalized spacial score (nSPS) is 17.5. The zero-order chi connectivity index (χ0) is 16.2. The van der Waals surface area contributed by atoms with Gasteiger partial charge in [-0.05, 0) is 25.5 Å². The molecule has 0 radical (unpaired) electrons. The number of methoxy groups -OCH3 is 1. The van der Waals surface area contributed by atoms with Crippen LogP contribution in [0.2, 0.25) is 0 Å². The first-order chi connectivity index (χ1) is 11.2. The molecule has 1 aromatic carbocycles. The van der Waals surface area contributed by atoms with Gasteiger partial charge in [0.2, 0.25) is 0 Å². The van der Waals surface area contributed by atoms with Crippen molar-refractivity contribution < 1.29 is 9.53 Å². The number of aryl methyl sites for hydroxylation is 1. The lowest BCUT2D eigenvalue weighted by atomic mass is 10.2. The monoisotopic (exact) mass is 314 g/mol. The molecule has 6 nitrogen and oxygen atoms in total. The number of imidazole rings is 1. The van der Waals surface area contributed by atoms with E-state index in [1.807, 2.05) is 31.3 Å². The molecule has 1 N–H and O–H groups in total. The zero-order valence-electron chi connectivity index (χ0n) is 13.5. The van der Waals surface area contributed by atoms with Crippen molar-refractivity contribution in [3.63, 3.8) is 0 Å². The quantitative estimate of drug-likeness (QED) is 0.939. The predicted octanol–water partition coefficient (Wildman–Crippen LogP) is 2.11. The fraction of sp³-hybridized carbons (Fsp3) is 0.412. The maximum Gasteiger partial charge on any atom is 0.409 e. The molecule has 0 bridgehead atoms. The SMILES string of the molecule is COC(=O)N1CCC(NCc2cnc(C)n2-c2ccccc2)C1. The van der Waals surface area contributed by atoms with Crippen LogP contribution < -0.4 is 5.32 Å². The molecule has 6 heteroatoms. The van der Waals surface area contributed by atoms with Gasteiger partial charge in [-0.25, -0.2) is 9.78 Å². The van der Waals surface area contributed by atoms with Gasteiger partial charge in [0, 0.05) is 31.4 Å². The van der Waals surface area contributed by atoms with Crippen LogP contribution in [0.3, 0.4) is 0 Å². The van der Waals surface area contributed by atoms with Gasteiger partial charge in [0.15, 0.2) is 0 Å². The third kappa shape index (κ3) is 3.37. The minimum atomic E-state index is -0.250. The Hall–Kier alpha value is -2.34. The van der Waals surface area contributed by atoms with Crippen LogP contribution in [0.15, 0.2) is 36.5 Å². The summed E-state index contributed by atoms with van der Waals surface area (Å²) in [7, 11) is 1.42. The van der Waals surface area contributed by atoms with Gasteiger partial charge in [-0.3, -0.25) is 4.57 Å². The molecule has 2 heterocycles. The van der Waals surface area contributed by atoms with Crippen molar-refractivity contribution in [2.75, 3.05) is 20.2 Å². The fourth-order valence-electron chi connectivity index (χ4n) is 3.02. The van der Waals surface area contributed by atoms with Gasteiger partial charge < -0.3 is 15.0 Å². The minimum Gasteiger partial charge on any atom is -0.453 e. The third-order valence-electron chi connectivity index (χ3n) is 4.22. The molecule has 122 valence electrons. The van der Waals surface area contributed by atoms with Crippen molar-refractivity contribution in [3.05, 3.63) is 48.0 Å². The van der Waals surface area contributed by atoms with E-state index in [1.54, 1.807) is 4.90 Å². The molecule has 1 atom stereocenters. The Morgan fingerprint density at radius 3 is 2.91 bits per heavy atom. The Bertz CT molecular complexity index is 668. The van der Waals surface area contributed by atoms with Gasteiger partial charge in [-0.2, -0.15) is 0 Å². The topological polar surface area (TPSA) is 59.4 Å². The highest BCUT2D eigenvalue weighted by atomic mass is 16.5. The summed E-state index contributed by atoms with van der Waals surface area (Å²) in [5, 5.41) is 3.52. The number of benzene rings is 1. The average molecular weight is 314 g/mol. The average Bonchev–Trinajstić information content (AvgIpc) is 3.19. The van der Waals surface area contributed by atoms with Crippen LogP contribution in [0.1, 0.15) is 17.9 Å². The van der Waals surface area contributed by atoms with Crippen molar-refractivity contribution in [2.45, 2.75) is 25.9 Å². The number of ether oxygens (including phenoxy) is 1. The lowest BCUT2D eigenvalue weighted by Crippen LogP contribution is -2.35. The van der Waals surface area contributed by atoms with Gasteiger partial charge in [0.05, 0.1) is 19.0 Å². The number of carbonyl (C=O) groups is 1. The molecule has 1 saturated heterocycles. The number of rotatable bonds is 4. The number of hydrogen-bond acceptors (Lipinski definition) is 4. The highest BCUT2D eigenvalue weighted by Crippen LogP contribution is 2.16. The molecular weight excluding hydrogens is 292 g/mol. The second-order valence-electron chi connectivity index (χ2n) is 5.75. The number of aromatic nitrogens is 2. The number of nitrogens with zero attached hydrogens (tertiary/aromatic N) is 3. The van der Waals surface area contributed by atoms with Gasteiger partial charge in [0.1, 0.15) is 5.82 Å². The number of nitrogens with one attached hydrogen (secondary N) is 1. The van der Waals surface area contributed by atoms with Gasteiger partial charge in [-0.1, -0.05) is 18.2 Å². The predicted molar refractivity (Wildman–Crippen MR) is 87.5 cm³/mol. The molecule has 1 aromatic heterocycles. The first-order valence-corrected chi connectivity index (χ1v) is 7.84. The van der Waals surface area contributed by atoms with Crippen molar-refractivity contribution in [1.82, 2.24) is 19.8 Å². The lowest BCUT2D eigenvalue weighted by Gasteiger charge is -2.16. The van der Waals surface area contributed by atoms with Crippen molar-refractivity contribution >= 4 is 6.09 Å². The van der Waals surface area contributed by atoms with Crippen LogP contribution in [0, 0.1) is 6.92 Å². The summed E-state index contributed by atoms with van der Waals surface area (Å²) in [4.78, 5) is 17.7. The van der Waals surface area contributed by atoms with Crippen LogP contribution >= 0.6 is 0 Å². The number of para-hydroxylation sites is 1. The summed E-state index contributed by atoms with van der Waals surface area (Å²) >= 11 is 0. The van der Waals surface area contributed by atoms with Crippen LogP contribution in [-0.4, -0.2) is 46.8 Å². The second-order valence-corrected chi connectivity index (χ2v) is 5.75. The van der Waals surface area contributed by atoms with Gasteiger partial charge in [0.25, 0.3) is 0 Å². The molecule has 3 rings (SSSR count). The number of carbonyl (C=O) groups excluding carboxylic acids is 1. The van der Waals surface area contributed by atoms with E-state index in [-0.39, 0.29) is 12.1 Å². The fourth-order valence-corrected chi connectivity index (χ4v) is 3.02. The third-order valence-corrected chi connectivity index (χ3v) is 4.22. The summed E-state index contributed by atoms with van der Waals surface area (Å²) in [5.74, 6) is 0.968. The first kappa shape index (κ1) is 15.6. The molecule has 1 unspecified atom stereocenters. The molecule has 1 fully saturated rings. The maximum atomic E-state index is 11.5. The molecule has 1 amide bonds. The molecule has 0 spiro atoms. The van der Waals surface area contributed by atoms with E-state index in [1.165, 1.54) is 7.11 Å². The first-order valence-electron chi connectivity index (χ1n) is 7.84. The molecule has 23 heavy (non-hydrogen) atoms. The Labute approximate surface area is 136 Å². The van der Waals surface area contributed by atoms with E-state index < -0.39 is 0 Å². The molecule has 0 aliphatic carbocycles. The molecule has 1 aliphatic heterocycles. The smallest absolute Gasteiger partial charge is 0.409 e. The maximum absolute atomic E-state index is 11.5. The summed E-state index contributed by atoms with van der Waals surface area (Å²) in [6.07, 6.45) is 2.59. The van der Waals surface area contributed by atoms with Gasteiger partial charge >= 0.3 is 6.09 Å². The van der Waals surface area contributed by atoms with Crippen molar-refractivity contribution in [1.29, 1.82) is 0 Å². The summed E-state index contributed by atoms with van der Waals surface area (Å²) in [5.41, 5.74) is 2.23. The van der Waals surface area contributed by atoms with Crippen LogP contribution in [0.4, 0.5) is 4.79 Å². The standard InChI is InChI=1S/C17H22N4O2/c1-13-18-10-16(21(13)15-6-4-3-5-7-15)11-19-14-8-9-20(12-14)17(22)23-2/h3-7,10,14,19H,8-9,11-12H2,1-2H3. The lowest BCUT2D eigenvalue weighted by molar-refractivity contribution is 0.132. The molecule has 0 saturated carbocycles. The second kappa shape index (κ2) is 6.83.